The van der Waals surface area contributed by atoms with Gasteiger partial charge in [-0.1, -0.05) is 24.4 Å². The minimum absolute atomic E-state index is 0.0660. The number of primary amides is 1. The molecule has 1 aromatic rings. The zero-order valence-corrected chi connectivity index (χ0v) is 10.9. The summed E-state index contributed by atoms with van der Waals surface area (Å²) in [6.45, 7) is 0. The summed E-state index contributed by atoms with van der Waals surface area (Å²) in [6.07, 6.45) is 4.23. The summed E-state index contributed by atoms with van der Waals surface area (Å²) >= 11 is 6.07. The van der Waals surface area contributed by atoms with Crippen molar-refractivity contribution in [2.45, 2.75) is 37.6 Å². The minimum Gasteiger partial charge on any atom is -0.381 e. The molecule has 0 bridgehead atoms. The highest BCUT2D eigenvalue weighted by atomic mass is 35.5. The average molecular weight is 265 g/mol. The molecule has 3 nitrogen and oxygen atoms in total. The number of carbonyl (C=O) groups excluding carboxylic acids is 1. The monoisotopic (exact) mass is 264 g/mol. The molecule has 1 saturated carbocycles. The maximum absolute atomic E-state index is 11.6. The molecule has 96 valence electrons. The van der Waals surface area contributed by atoms with Gasteiger partial charge in [-0.3, -0.25) is 4.79 Å². The van der Waals surface area contributed by atoms with Crippen LogP contribution >= 0.6 is 11.6 Å². The Morgan fingerprint density at radius 1 is 1.33 bits per heavy atom. The van der Waals surface area contributed by atoms with Gasteiger partial charge in [-0.25, -0.2) is 0 Å². The Hall–Kier alpha value is -1.22. The fourth-order valence-electron chi connectivity index (χ4n) is 3.39. The summed E-state index contributed by atoms with van der Waals surface area (Å²) in [4.78, 5) is 11.6. The molecule has 3 atom stereocenters. The standard InChI is InChI=1S/C14H17ClN2O/c15-8-5-6-12-11(7-8)9-3-1-2-4-10(14(16)18)13(9)17-12/h5-7,9-10,13,17H,1-4H2,(H2,16,18)/t9-,10-,13-/m1/s1. The van der Waals surface area contributed by atoms with Crippen LogP contribution in [0.3, 0.4) is 0 Å². The SMILES string of the molecule is NC(=O)[C@@H]1CCCC[C@@H]2c3cc(Cl)ccc3N[C@H]21. The molecular weight excluding hydrogens is 248 g/mol. The number of nitrogens with one attached hydrogen (secondary N) is 1. The van der Waals surface area contributed by atoms with Crippen molar-refractivity contribution in [2.75, 3.05) is 5.32 Å². The molecule has 4 heteroatoms. The Morgan fingerprint density at radius 2 is 2.11 bits per heavy atom. The lowest BCUT2D eigenvalue weighted by Crippen LogP contribution is -2.38. The maximum Gasteiger partial charge on any atom is 0.222 e. The van der Waals surface area contributed by atoms with E-state index >= 15 is 0 Å². The van der Waals surface area contributed by atoms with Crippen molar-refractivity contribution in [2.24, 2.45) is 11.7 Å². The molecule has 18 heavy (non-hydrogen) atoms. The highest BCUT2D eigenvalue weighted by Gasteiger charge is 2.40. The second-order valence-electron chi connectivity index (χ2n) is 5.30. The van der Waals surface area contributed by atoms with E-state index in [1.807, 2.05) is 18.2 Å². The second-order valence-corrected chi connectivity index (χ2v) is 5.74. The summed E-state index contributed by atoms with van der Waals surface area (Å²) in [7, 11) is 0. The third kappa shape index (κ3) is 1.87. The van der Waals surface area contributed by atoms with Gasteiger partial charge < -0.3 is 11.1 Å². The van der Waals surface area contributed by atoms with Gasteiger partial charge in [-0.2, -0.15) is 0 Å². The molecule has 1 fully saturated rings. The van der Waals surface area contributed by atoms with Crippen molar-refractivity contribution in [1.82, 2.24) is 0 Å². The van der Waals surface area contributed by atoms with E-state index in [2.05, 4.69) is 5.32 Å². The Labute approximate surface area is 112 Å². The van der Waals surface area contributed by atoms with E-state index < -0.39 is 0 Å². The lowest BCUT2D eigenvalue weighted by molar-refractivity contribution is -0.122. The third-order valence-corrected chi connectivity index (χ3v) is 4.48. The largest absolute Gasteiger partial charge is 0.381 e. The Balaban J connectivity index is 1.99. The molecule has 0 radical (unpaired) electrons. The van der Waals surface area contributed by atoms with Crippen molar-refractivity contribution in [1.29, 1.82) is 0 Å². The van der Waals surface area contributed by atoms with Crippen molar-refractivity contribution in [3.05, 3.63) is 28.8 Å². The average Bonchev–Trinajstić information content (AvgIpc) is 2.55. The van der Waals surface area contributed by atoms with E-state index in [1.165, 1.54) is 5.56 Å². The van der Waals surface area contributed by atoms with Crippen LogP contribution in [-0.4, -0.2) is 11.9 Å². The van der Waals surface area contributed by atoms with Gasteiger partial charge in [-0.15, -0.1) is 0 Å². The van der Waals surface area contributed by atoms with Crippen LogP contribution < -0.4 is 11.1 Å². The molecule has 1 heterocycles. The topological polar surface area (TPSA) is 55.1 Å². The van der Waals surface area contributed by atoms with Gasteiger partial charge in [0.15, 0.2) is 0 Å². The van der Waals surface area contributed by atoms with Gasteiger partial charge in [0.05, 0.1) is 5.92 Å². The highest BCUT2D eigenvalue weighted by Crippen LogP contribution is 2.45. The number of nitrogens with two attached hydrogens (primary N) is 1. The van der Waals surface area contributed by atoms with Crippen molar-refractivity contribution in [3.8, 4) is 0 Å². The lowest BCUT2D eigenvalue weighted by Gasteiger charge is -2.24. The maximum atomic E-state index is 11.6. The molecule has 0 spiro atoms. The predicted molar refractivity (Wildman–Crippen MR) is 72.8 cm³/mol. The van der Waals surface area contributed by atoms with Crippen LogP contribution in [-0.2, 0) is 4.79 Å². The van der Waals surface area contributed by atoms with Crippen LogP contribution in [0.4, 0.5) is 5.69 Å². The number of rotatable bonds is 1. The Morgan fingerprint density at radius 3 is 2.89 bits per heavy atom. The van der Waals surface area contributed by atoms with E-state index in [4.69, 9.17) is 17.3 Å². The van der Waals surface area contributed by atoms with Crippen LogP contribution in [0.25, 0.3) is 0 Å². The molecule has 3 N–H and O–H groups in total. The molecular formula is C14H17ClN2O. The van der Waals surface area contributed by atoms with Crippen LogP contribution in [0.1, 0.15) is 37.2 Å². The highest BCUT2D eigenvalue weighted by molar-refractivity contribution is 6.30. The number of anilines is 1. The van der Waals surface area contributed by atoms with Crippen molar-refractivity contribution >= 4 is 23.2 Å². The number of fused-ring (bicyclic) bond motifs is 3. The molecule has 0 saturated heterocycles. The number of halogens is 1. The zero-order valence-electron chi connectivity index (χ0n) is 10.2. The van der Waals surface area contributed by atoms with Crippen molar-refractivity contribution in [3.63, 3.8) is 0 Å². The van der Waals surface area contributed by atoms with E-state index in [0.29, 0.717) is 5.92 Å². The van der Waals surface area contributed by atoms with Crippen molar-refractivity contribution < 1.29 is 4.79 Å². The van der Waals surface area contributed by atoms with Crippen LogP contribution in [0.2, 0.25) is 5.02 Å². The minimum atomic E-state index is -0.182. The number of carbonyl (C=O) groups is 1. The summed E-state index contributed by atoms with van der Waals surface area (Å²) < 4.78 is 0. The Kier molecular flexibility index (Phi) is 2.94. The van der Waals surface area contributed by atoms with Gasteiger partial charge in [0.1, 0.15) is 0 Å². The fourth-order valence-corrected chi connectivity index (χ4v) is 3.57. The lowest BCUT2D eigenvalue weighted by atomic mass is 9.85. The van der Waals surface area contributed by atoms with Gasteiger partial charge in [0.25, 0.3) is 0 Å². The van der Waals surface area contributed by atoms with Gasteiger partial charge >= 0.3 is 0 Å². The molecule has 1 aromatic carbocycles. The fraction of sp³-hybridized carbons (Fsp3) is 0.500. The molecule has 0 aromatic heterocycles. The predicted octanol–water partition coefficient (Wildman–Crippen LogP) is 2.89. The van der Waals surface area contributed by atoms with Gasteiger partial charge in [0.2, 0.25) is 5.91 Å². The van der Waals surface area contributed by atoms with Crippen LogP contribution in [0.5, 0.6) is 0 Å². The van der Waals surface area contributed by atoms with E-state index in [0.717, 1.165) is 36.4 Å². The molecule has 1 aliphatic heterocycles. The first-order chi connectivity index (χ1) is 8.66. The summed E-state index contributed by atoms with van der Waals surface area (Å²) in [5.74, 6) is 0.126. The second kappa shape index (κ2) is 4.47. The number of amides is 1. The first-order valence-electron chi connectivity index (χ1n) is 6.52. The van der Waals surface area contributed by atoms with E-state index in [1.54, 1.807) is 0 Å². The summed E-state index contributed by atoms with van der Waals surface area (Å²) in [5.41, 5.74) is 7.92. The number of hydrogen-bond donors (Lipinski definition) is 2. The van der Waals surface area contributed by atoms with E-state index in [9.17, 15) is 4.79 Å². The first kappa shape index (κ1) is 11.8. The van der Waals surface area contributed by atoms with E-state index in [-0.39, 0.29) is 17.9 Å². The van der Waals surface area contributed by atoms with Crippen LogP contribution in [0.15, 0.2) is 18.2 Å². The van der Waals surface area contributed by atoms with Crippen LogP contribution in [0, 0.1) is 5.92 Å². The zero-order chi connectivity index (χ0) is 12.7. The molecule has 1 aliphatic carbocycles. The molecule has 1 amide bonds. The summed E-state index contributed by atoms with van der Waals surface area (Å²) in [6, 6.07) is 6.07. The molecule has 3 rings (SSSR count). The van der Waals surface area contributed by atoms with Gasteiger partial charge in [0, 0.05) is 22.7 Å². The number of hydrogen-bond acceptors (Lipinski definition) is 2. The quantitative estimate of drug-likeness (QED) is 0.819. The molecule has 2 aliphatic rings. The number of benzene rings is 1. The summed E-state index contributed by atoms with van der Waals surface area (Å²) in [5, 5.41) is 4.24. The normalized spacial score (nSPS) is 29.9. The third-order valence-electron chi connectivity index (χ3n) is 4.25. The first-order valence-corrected chi connectivity index (χ1v) is 6.90. The molecule has 0 unspecified atom stereocenters. The Bertz CT molecular complexity index is 489. The van der Waals surface area contributed by atoms with Gasteiger partial charge in [-0.05, 0) is 36.6 Å². The smallest absolute Gasteiger partial charge is 0.222 e.